The first-order valence-corrected chi connectivity index (χ1v) is 15.3. The summed E-state index contributed by atoms with van der Waals surface area (Å²) in [5.74, 6) is -0.922. The lowest BCUT2D eigenvalue weighted by molar-refractivity contribution is -0.139. The average molecular weight is 655 g/mol. The second kappa shape index (κ2) is 13.7. The fourth-order valence-corrected chi connectivity index (χ4v) is 6.17. The molecule has 0 aliphatic carbocycles. The van der Waals surface area contributed by atoms with Gasteiger partial charge in [-0.05, 0) is 62.2 Å². The van der Waals surface area contributed by atoms with Gasteiger partial charge >= 0.3 is 0 Å². The van der Waals surface area contributed by atoms with Gasteiger partial charge in [-0.3, -0.25) is 13.9 Å². The van der Waals surface area contributed by atoms with Crippen molar-refractivity contribution in [3.8, 4) is 0 Å². The highest BCUT2D eigenvalue weighted by Gasteiger charge is 2.33. The number of aryl methyl sites for hydroxylation is 1. The van der Waals surface area contributed by atoms with Crippen LogP contribution in [-0.4, -0.2) is 44.3 Å². The molecule has 1 N–H and O–H groups in total. The van der Waals surface area contributed by atoms with Crippen LogP contribution in [0.1, 0.15) is 31.4 Å². The van der Waals surface area contributed by atoms with Crippen LogP contribution in [0.5, 0.6) is 0 Å². The van der Waals surface area contributed by atoms with Gasteiger partial charge in [-0.25, -0.2) is 8.42 Å². The zero-order valence-corrected chi connectivity index (χ0v) is 25.7. The molecule has 11 heteroatoms. The molecule has 3 rings (SSSR count). The third-order valence-electron chi connectivity index (χ3n) is 6.05. The van der Waals surface area contributed by atoms with Crippen molar-refractivity contribution < 1.29 is 18.0 Å². The summed E-state index contributed by atoms with van der Waals surface area (Å²) in [7, 11) is -4.24. The van der Waals surface area contributed by atoms with Crippen LogP contribution in [0.4, 0.5) is 5.69 Å². The van der Waals surface area contributed by atoms with Crippen molar-refractivity contribution in [3.63, 3.8) is 0 Å². The summed E-state index contributed by atoms with van der Waals surface area (Å²) in [6.07, 6.45) is 0.730. The first-order chi connectivity index (χ1) is 18.4. The smallest absolute Gasteiger partial charge is 0.264 e. The van der Waals surface area contributed by atoms with Gasteiger partial charge in [0.15, 0.2) is 0 Å². The highest BCUT2D eigenvalue weighted by Crippen LogP contribution is 2.35. The monoisotopic (exact) mass is 653 g/mol. The van der Waals surface area contributed by atoms with E-state index in [-0.39, 0.29) is 33.1 Å². The number of nitrogens with zero attached hydrogens (tertiary/aromatic N) is 2. The molecule has 0 unspecified atom stereocenters. The van der Waals surface area contributed by atoms with Gasteiger partial charge in [0.25, 0.3) is 10.0 Å². The van der Waals surface area contributed by atoms with Crippen LogP contribution < -0.4 is 9.62 Å². The molecule has 3 aromatic carbocycles. The van der Waals surface area contributed by atoms with Crippen LogP contribution in [-0.2, 0) is 26.2 Å². The molecule has 7 nitrogen and oxygen atoms in total. The summed E-state index contributed by atoms with van der Waals surface area (Å²) in [5.41, 5.74) is 1.70. The first-order valence-electron chi connectivity index (χ1n) is 12.3. The number of carbonyl (C=O) groups excluding carboxylic acids is 2. The van der Waals surface area contributed by atoms with E-state index in [2.05, 4.69) is 21.2 Å². The van der Waals surface area contributed by atoms with Crippen molar-refractivity contribution in [1.82, 2.24) is 10.2 Å². The molecule has 0 radical (unpaired) electrons. The van der Waals surface area contributed by atoms with Crippen LogP contribution in [0.25, 0.3) is 0 Å². The Kier molecular flexibility index (Phi) is 10.8. The number of benzene rings is 3. The van der Waals surface area contributed by atoms with Crippen molar-refractivity contribution in [2.24, 2.45) is 0 Å². The Balaban J connectivity index is 2.06. The summed E-state index contributed by atoms with van der Waals surface area (Å²) in [5, 5.41) is 2.95. The van der Waals surface area contributed by atoms with E-state index in [4.69, 9.17) is 23.2 Å². The van der Waals surface area contributed by atoms with Gasteiger partial charge in [-0.1, -0.05) is 82.0 Å². The Bertz CT molecular complexity index is 1430. The molecule has 0 heterocycles. The third-order valence-corrected chi connectivity index (χ3v) is 9.12. The van der Waals surface area contributed by atoms with E-state index < -0.39 is 28.5 Å². The number of rotatable bonds is 11. The Hall–Kier alpha value is -2.59. The molecule has 0 bridgehead atoms. The molecule has 2 amide bonds. The molecule has 39 heavy (non-hydrogen) atoms. The third kappa shape index (κ3) is 7.75. The molecular formula is C28H30BrCl2N3O4S. The summed E-state index contributed by atoms with van der Waals surface area (Å²) in [6.45, 7) is 5.32. The van der Waals surface area contributed by atoms with E-state index in [1.807, 2.05) is 38.1 Å². The summed E-state index contributed by atoms with van der Waals surface area (Å²) < 4.78 is 29.5. The molecule has 3 aromatic rings. The lowest BCUT2D eigenvalue weighted by Gasteiger charge is -2.32. The lowest BCUT2D eigenvalue weighted by atomic mass is 10.1. The summed E-state index contributed by atoms with van der Waals surface area (Å²) in [6, 6.07) is 17.3. The van der Waals surface area contributed by atoms with Crippen molar-refractivity contribution >= 4 is 66.7 Å². The molecule has 0 aromatic heterocycles. The maximum atomic E-state index is 13.9. The topological polar surface area (TPSA) is 86.8 Å². The van der Waals surface area contributed by atoms with E-state index in [9.17, 15) is 18.0 Å². The maximum absolute atomic E-state index is 13.9. The number of carbonyl (C=O) groups is 2. The lowest BCUT2D eigenvalue weighted by Crippen LogP contribution is -2.51. The second-order valence-corrected chi connectivity index (χ2v) is 12.6. The molecule has 0 spiro atoms. The number of hydrogen-bond donors (Lipinski definition) is 1. The van der Waals surface area contributed by atoms with Crippen LogP contribution >= 0.6 is 39.1 Å². The minimum Gasteiger partial charge on any atom is -0.354 e. The SMILES string of the molecule is CCCNC(=O)[C@H](C)N(Cc1cccc(Br)c1)C(=O)CN(c1cccc(Cl)c1Cl)S(=O)(=O)c1ccc(C)cc1. The highest BCUT2D eigenvalue weighted by atomic mass is 79.9. The fraction of sp³-hybridized carbons (Fsp3) is 0.286. The average Bonchev–Trinajstić information content (AvgIpc) is 2.90. The van der Waals surface area contributed by atoms with Gasteiger partial charge in [0.2, 0.25) is 11.8 Å². The largest absolute Gasteiger partial charge is 0.354 e. The van der Waals surface area contributed by atoms with E-state index in [0.717, 1.165) is 26.3 Å². The van der Waals surface area contributed by atoms with Crippen LogP contribution in [0.2, 0.25) is 10.0 Å². The molecule has 1 atom stereocenters. The van der Waals surface area contributed by atoms with Gasteiger partial charge in [-0.2, -0.15) is 0 Å². The first kappa shape index (κ1) is 30.9. The Morgan fingerprint density at radius 1 is 1.03 bits per heavy atom. The number of nitrogens with one attached hydrogen (secondary N) is 1. The van der Waals surface area contributed by atoms with Crippen molar-refractivity contribution in [2.45, 2.75) is 44.7 Å². The predicted molar refractivity (Wildman–Crippen MR) is 160 cm³/mol. The predicted octanol–water partition coefficient (Wildman–Crippen LogP) is 6.20. The molecule has 0 aliphatic heterocycles. The Morgan fingerprint density at radius 3 is 2.33 bits per heavy atom. The number of amides is 2. The quantitative estimate of drug-likeness (QED) is 0.267. The molecule has 0 aliphatic rings. The highest BCUT2D eigenvalue weighted by molar-refractivity contribution is 9.10. The van der Waals surface area contributed by atoms with E-state index in [1.165, 1.54) is 29.2 Å². The molecular weight excluding hydrogens is 625 g/mol. The van der Waals surface area contributed by atoms with E-state index in [1.54, 1.807) is 25.1 Å². The zero-order chi connectivity index (χ0) is 28.7. The van der Waals surface area contributed by atoms with Gasteiger partial charge in [-0.15, -0.1) is 0 Å². The van der Waals surface area contributed by atoms with Crippen molar-refractivity contribution in [3.05, 3.63) is 92.4 Å². The standard InChI is InChI=1S/C28H30BrCl2N3O4S/c1-4-15-32-28(36)20(3)33(17-21-7-5-8-22(29)16-21)26(35)18-34(25-10-6-9-24(30)27(25)31)39(37,38)23-13-11-19(2)12-14-23/h5-14,16,20H,4,15,17-18H2,1-3H3,(H,32,36)/t20-/m0/s1. The fourth-order valence-electron chi connectivity index (χ4n) is 3.85. The Labute approximate surface area is 248 Å². The number of halogens is 3. The van der Waals surface area contributed by atoms with Crippen LogP contribution in [0.15, 0.2) is 76.1 Å². The van der Waals surface area contributed by atoms with E-state index in [0.29, 0.717) is 6.54 Å². The van der Waals surface area contributed by atoms with Crippen molar-refractivity contribution in [1.29, 1.82) is 0 Å². The number of sulfonamides is 1. The van der Waals surface area contributed by atoms with Crippen molar-refractivity contribution in [2.75, 3.05) is 17.4 Å². The van der Waals surface area contributed by atoms with Gasteiger partial charge < -0.3 is 10.2 Å². The van der Waals surface area contributed by atoms with Crippen LogP contribution in [0.3, 0.4) is 0 Å². The zero-order valence-electron chi connectivity index (χ0n) is 21.8. The number of hydrogen-bond acceptors (Lipinski definition) is 4. The second-order valence-electron chi connectivity index (χ2n) is 9.02. The minimum absolute atomic E-state index is 0.00469. The van der Waals surface area contributed by atoms with E-state index >= 15 is 0 Å². The number of anilines is 1. The van der Waals surface area contributed by atoms with Gasteiger partial charge in [0.1, 0.15) is 12.6 Å². The normalized spacial score (nSPS) is 12.1. The van der Waals surface area contributed by atoms with Gasteiger partial charge in [0.05, 0.1) is 20.6 Å². The molecule has 0 fully saturated rings. The van der Waals surface area contributed by atoms with Crippen LogP contribution in [0, 0.1) is 6.92 Å². The summed E-state index contributed by atoms with van der Waals surface area (Å²) in [4.78, 5) is 28.2. The molecule has 0 saturated carbocycles. The maximum Gasteiger partial charge on any atom is 0.264 e. The molecule has 208 valence electrons. The summed E-state index contributed by atoms with van der Waals surface area (Å²) >= 11 is 16.1. The van der Waals surface area contributed by atoms with Gasteiger partial charge in [0, 0.05) is 17.6 Å². The minimum atomic E-state index is -4.24. The molecule has 0 saturated heterocycles. The Morgan fingerprint density at radius 2 is 1.69 bits per heavy atom.